The molecule has 0 bridgehead atoms. The number of aromatic amines is 1. The van der Waals surface area contributed by atoms with Crippen molar-refractivity contribution in [1.29, 1.82) is 0 Å². The van der Waals surface area contributed by atoms with Crippen LogP contribution in [0.15, 0.2) is 48.7 Å². The molecule has 1 amide bonds. The number of carbonyl (C=O) groups excluding carboxylic acids is 1. The summed E-state index contributed by atoms with van der Waals surface area (Å²) in [5.41, 5.74) is 0.458. The van der Waals surface area contributed by atoms with Crippen LogP contribution in [0.25, 0.3) is 22.4 Å². The number of hydrogen-bond donors (Lipinski definition) is 2. The summed E-state index contributed by atoms with van der Waals surface area (Å²) in [5, 5.41) is 6.19. The van der Waals surface area contributed by atoms with E-state index in [0.29, 0.717) is 28.1 Å². The van der Waals surface area contributed by atoms with Gasteiger partial charge >= 0.3 is 6.18 Å². The molecule has 0 radical (unpaired) electrons. The molecule has 160 valence electrons. The SMILES string of the molecule is CC(C)n1ncc(C(=O)Nc2ccc(-c3nc4ccc(F)cc4[nH]3)cc2)c1C(F)(F)F. The van der Waals surface area contributed by atoms with Crippen LogP contribution in [0.1, 0.15) is 35.9 Å². The van der Waals surface area contributed by atoms with Crippen LogP contribution in [0, 0.1) is 5.82 Å². The molecule has 2 aromatic heterocycles. The van der Waals surface area contributed by atoms with Crippen molar-refractivity contribution in [2.24, 2.45) is 0 Å². The van der Waals surface area contributed by atoms with Crippen molar-refractivity contribution >= 4 is 22.6 Å². The molecule has 10 heteroatoms. The first kappa shape index (κ1) is 20.6. The predicted octanol–water partition coefficient (Wildman–Crippen LogP) is 5.42. The molecule has 2 aromatic carbocycles. The predicted molar refractivity (Wildman–Crippen MR) is 107 cm³/mol. The van der Waals surface area contributed by atoms with E-state index in [1.807, 2.05) is 0 Å². The highest BCUT2D eigenvalue weighted by atomic mass is 19.4. The summed E-state index contributed by atoms with van der Waals surface area (Å²) < 4.78 is 54.6. The number of imidazole rings is 1. The van der Waals surface area contributed by atoms with Gasteiger partial charge in [-0.1, -0.05) is 0 Å². The minimum absolute atomic E-state index is 0.307. The van der Waals surface area contributed by atoms with Crippen LogP contribution in [0.2, 0.25) is 0 Å². The molecule has 0 saturated carbocycles. The monoisotopic (exact) mass is 431 g/mol. The summed E-state index contributed by atoms with van der Waals surface area (Å²) in [7, 11) is 0. The largest absolute Gasteiger partial charge is 0.433 e. The van der Waals surface area contributed by atoms with Crippen LogP contribution in [0.3, 0.4) is 0 Å². The van der Waals surface area contributed by atoms with Gasteiger partial charge in [-0.3, -0.25) is 9.48 Å². The lowest BCUT2D eigenvalue weighted by atomic mass is 10.1. The molecule has 4 aromatic rings. The average molecular weight is 431 g/mol. The molecular formula is C21H17F4N5O. The maximum Gasteiger partial charge on any atom is 0.433 e. The number of hydrogen-bond acceptors (Lipinski definition) is 3. The molecule has 0 aliphatic heterocycles. The van der Waals surface area contributed by atoms with Gasteiger partial charge in [0.2, 0.25) is 0 Å². The smallest absolute Gasteiger partial charge is 0.338 e. The van der Waals surface area contributed by atoms with Crippen molar-refractivity contribution < 1.29 is 22.4 Å². The first-order chi connectivity index (χ1) is 14.6. The number of carbonyl (C=O) groups is 1. The first-order valence-corrected chi connectivity index (χ1v) is 9.35. The minimum Gasteiger partial charge on any atom is -0.338 e. The minimum atomic E-state index is -4.72. The second-order valence-electron chi connectivity index (χ2n) is 7.22. The van der Waals surface area contributed by atoms with E-state index in [1.54, 1.807) is 44.2 Å². The number of fused-ring (bicyclic) bond motifs is 1. The van der Waals surface area contributed by atoms with E-state index in [0.717, 1.165) is 10.9 Å². The highest BCUT2D eigenvalue weighted by Crippen LogP contribution is 2.34. The Hall–Kier alpha value is -3.69. The number of amides is 1. The number of nitrogens with one attached hydrogen (secondary N) is 2. The van der Waals surface area contributed by atoms with Crippen LogP contribution in [0.4, 0.5) is 23.2 Å². The molecule has 0 saturated heterocycles. The molecule has 0 aliphatic rings. The maximum atomic E-state index is 13.5. The van der Waals surface area contributed by atoms with Gasteiger partial charge in [-0.15, -0.1) is 0 Å². The number of H-pyrrole nitrogens is 1. The van der Waals surface area contributed by atoms with Crippen molar-refractivity contribution in [3.05, 3.63) is 65.7 Å². The fraction of sp³-hybridized carbons (Fsp3) is 0.190. The lowest BCUT2D eigenvalue weighted by Gasteiger charge is -2.15. The number of benzene rings is 2. The molecule has 0 spiro atoms. The summed E-state index contributed by atoms with van der Waals surface area (Å²) in [6.07, 6.45) is -3.81. The van der Waals surface area contributed by atoms with Gasteiger partial charge in [0.25, 0.3) is 5.91 Å². The van der Waals surface area contributed by atoms with E-state index >= 15 is 0 Å². The third-order valence-corrected chi connectivity index (χ3v) is 4.66. The zero-order valence-electron chi connectivity index (χ0n) is 16.5. The van der Waals surface area contributed by atoms with Gasteiger partial charge in [0, 0.05) is 17.3 Å². The normalized spacial score (nSPS) is 12.0. The molecule has 2 heterocycles. The number of anilines is 1. The number of alkyl halides is 3. The third kappa shape index (κ3) is 4.00. The quantitative estimate of drug-likeness (QED) is 0.424. The number of aromatic nitrogens is 4. The Kier molecular flexibility index (Phi) is 5.00. The summed E-state index contributed by atoms with van der Waals surface area (Å²) in [5.74, 6) is -0.804. The van der Waals surface area contributed by atoms with E-state index in [1.165, 1.54) is 12.1 Å². The van der Waals surface area contributed by atoms with Crippen molar-refractivity contribution in [2.45, 2.75) is 26.1 Å². The molecule has 4 rings (SSSR count). The highest BCUT2D eigenvalue weighted by Gasteiger charge is 2.40. The van der Waals surface area contributed by atoms with E-state index in [4.69, 9.17) is 0 Å². The highest BCUT2D eigenvalue weighted by molar-refractivity contribution is 6.05. The Morgan fingerprint density at radius 2 is 1.84 bits per heavy atom. The standard InChI is InChI=1S/C21H17F4N5O/c1-11(2)30-18(21(23,24)25)15(10-26-30)20(31)27-14-6-3-12(4-7-14)19-28-16-8-5-13(22)9-17(16)29-19/h3-11H,1-2H3,(H,27,31)(H,28,29). The van der Waals surface area contributed by atoms with E-state index < -0.39 is 29.4 Å². The molecule has 6 nitrogen and oxygen atoms in total. The lowest BCUT2D eigenvalue weighted by molar-refractivity contribution is -0.145. The Morgan fingerprint density at radius 3 is 2.48 bits per heavy atom. The Bertz CT molecular complexity index is 1260. The molecule has 0 unspecified atom stereocenters. The first-order valence-electron chi connectivity index (χ1n) is 9.35. The van der Waals surface area contributed by atoms with Crippen LogP contribution in [-0.2, 0) is 6.18 Å². The summed E-state index contributed by atoms with van der Waals surface area (Å²) in [6.45, 7) is 3.10. The number of rotatable bonds is 4. The van der Waals surface area contributed by atoms with Crippen molar-refractivity contribution in [3.8, 4) is 11.4 Å². The van der Waals surface area contributed by atoms with Crippen molar-refractivity contribution in [2.75, 3.05) is 5.32 Å². The van der Waals surface area contributed by atoms with Gasteiger partial charge in [-0.25, -0.2) is 9.37 Å². The molecule has 0 aliphatic carbocycles. The van der Waals surface area contributed by atoms with Gasteiger partial charge in [-0.05, 0) is 56.3 Å². The number of nitrogens with zero attached hydrogens (tertiary/aromatic N) is 3. The Balaban J connectivity index is 1.57. The molecular weight excluding hydrogens is 414 g/mol. The Labute approximate surface area is 173 Å². The van der Waals surface area contributed by atoms with Gasteiger partial charge in [-0.2, -0.15) is 18.3 Å². The van der Waals surface area contributed by atoms with Gasteiger partial charge < -0.3 is 10.3 Å². The summed E-state index contributed by atoms with van der Waals surface area (Å²) in [4.78, 5) is 19.9. The summed E-state index contributed by atoms with van der Waals surface area (Å²) in [6, 6.07) is 10.0. The van der Waals surface area contributed by atoms with E-state index in [-0.39, 0.29) is 5.82 Å². The third-order valence-electron chi connectivity index (χ3n) is 4.66. The lowest BCUT2D eigenvalue weighted by Crippen LogP contribution is -2.22. The average Bonchev–Trinajstić information content (AvgIpc) is 3.32. The molecule has 0 atom stereocenters. The second-order valence-corrected chi connectivity index (χ2v) is 7.22. The van der Waals surface area contributed by atoms with Crippen molar-refractivity contribution in [3.63, 3.8) is 0 Å². The zero-order valence-corrected chi connectivity index (χ0v) is 16.5. The molecule has 2 N–H and O–H groups in total. The van der Waals surface area contributed by atoms with Crippen LogP contribution in [-0.4, -0.2) is 25.7 Å². The maximum absolute atomic E-state index is 13.5. The second kappa shape index (κ2) is 7.53. The van der Waals surface area contributed by atoms with E-state index in [9.17, 15) is 22.4 Å². The van der Waals surface area contributed by atoms with Gasteiger partial charge in [0.05, 0.1) is 22.8 Å². The number of halogens is 4. The van der Waals surface area contributed by atoms with Gasteiger partial charge in [0.15, 0.2) is 5.69 Å². The van der Waals surface area contributed by atoms with Crippen LogP contribution < -0.4 is 5.32 Å². The fourth-order valence-corrected chi connectivity index (χ4v) is 3.23. The van der Waals surface area contributed by atoms with Gasteiger partial charge in [0.1, 0.15) is 11.6 Å². The molecule has 31 heavy (non-hydrogen) atoms. The van der Waals surface area contributed by atoms with Crippen LogP contribution in [0.5, 0.6) is 0 Å². The summed E-state index contributed by atoms with van der Waals surface area (Å²) >= 11 is 0. The van der Waals surface area contributed by atoms with Crippen molar-refractivity contribution in [1.82, 2.24) is 19.7 Å². The Morgan fingerprint density at radius 1 is 1.13 bits per heavy atom. The molecule has 0 fully saturated rings. The fourth-order valence-electron chi connectivity index (χ4n) is 3.23. The zero-order chi connectivity index (χ0) is 22.3. The van der Waals surface area contributed by atoms with E-state index in [2.05, 4.69) is 20.4 Å². The van der Waals surface area contributed by atoms with Crippen LogP contribution >= 0.6 is 0 Å². The topological polar surface area (TPSA) is 75.6 Å².